The van der Waals surface area contributed by atoms with Crippen LogP contribution >= 0.6 is 0 Å². The van der Waals surface area contributed by atoms with Crippen LogP contribution in [-0.4, -0.2) is 0 Å². The molecule has 5 aromatic rings. The zero-order valence-electron chi connectivity index (χ0n) is 30.4. The molecule has 0 fully saturated rings. The molecule has 5 aromatic carbocycles. The van der Waals surface area contributed by atoms with E-state index < -0.39 is 0 Å². The molecule has 0 aromatic heterocycles. The molecule has 0 radical (unpaired) electrons. The first-order chi connectivity index (χ1) is 21.3. The Bertz CT molecular complexity index is 1740. The molecule has 0 nitrogen and oxygen atoms in total. The Labute approximate surface area is 279 Å². The van der Waals surface area contributed by atoms with Gasteiger partial charge in [-0.3, -0.25) is 0 Å². The van der Waals surface area contributed by atoms with Crippen molar-refractivity contribution in [2.75, 3.05) is 0 Å². The maximum Gasteiger partial charge on any atom is -0.0109 e. The second-order valence-electron chi connectivity index (χ2n) is 17.3. The lowest BCUT2D eigenvalue weighted by molar-refractivity contribution is 0.569. The van der Waals surface area contributed by atoms with E-state index in [1.807, 2.05) is 0 Å². The monoisotopic (exact) mass is 606 g/mol. The molecule has 0 aliphatic carbocycles. The van der Waals surface area contributed by atoms with Crippen molar-refractivity contribution in [3.05, 3.63) is 131 Å². The first-order valence-corrected chi connectivity index (χ1v) is 16.9. The van der Waals surface area contributed by atoms with Gasteiger partial charge in [-0.25, -0.2) is 0 Å². The predicted molar refractivity (Wildman–Crippen MR) is 203 cm³/mol. The fourth-order valence-electron chi connectivity index (χ4n) is 6.28. The van der Waals surface area contributed by atoms with Gasteiger partial charge in [0.2, 0.25) is 0 Å². The molecule has 0 heteroatoms. The van der Waals surface area contributed by atoms with Gasteiger partial charge in [0.25, 0.3) is 0 Å². The molecule has 0 unspecified atom stereocenters. The smallest absolute Gasteiger partial charge is 0.0109 e. The van der Waals surface area contributed by atoms with Crippen LogP contribution in [0.25, 0.3) is 44.5 Å². The molecule has 5 rings (SSSR count). The van der Waals surface area contributed by atoms with E-state index in [0.29, 0.717) is 0 Å². The van der Waals surface area contributed by atoms with Crippen molar-refractivity contribution < 1.29 is 0 Å². The summed E-state index contributed by atoms with van der Waals surface area (Å²) < 4.78 is 0. The van der Waals surface area contributed by atoms with Gasteiger partial charge in [-0.1, -0.05) is 180 Å². The summed E-state index contributed by atoms with van der Waals surface area (Å²) in [7, 11) is 0. The molecular weight excluding hydrogens is 553 g/mol. The van der Waals surface area contributed by atoms with Crippen molar-refractivity contribution in [3.8, 4) is 44.5 Å². The third-order valence-electron chi connectivity index (χ3n) is 9.25. The number of benzene rings is 5. The molecule has 0 atom stereocenters. The standard InChI is InChI=1S/C46H54/c1-43(2,3)38-26-36(27-39(30-38)44(4,5)6)33-22-18-31(19-23-33)32-20-24-34(25-21-32)37-28-40(45(7,8)9)42(35-16-14-13-15-17-35)41(29-37)46(10,11)12/h13-30H,1-12H3. The van der Waals surface area contributed by atoms with Crippen LogP contribution in [-0.2, 0) is 21.7 Å². The third kappa shape index (κ3) is 7.23. The summed E-state index contributed by atoms with van der Waals surface area (Å²) >= 11 is 0. The quantitative estimate of drug-likeness (QED) is 0.191. The van der Waals surface area contributed by atoms with Crippen molar-refractivity contribution in [1.82, 2.24) is 0 Å². The van der Waals surface area contributed by atoms with Gasteiger partial charge in [0, 0.05) is 0 Å². The molecule has 0 spiro atoms. The highest BCUT2D eigenvalue weighted by molar-refractivity contribution is 5.80. The molecule has 0 heterocycles. The van der Waals surface area contributed by atoms with Gasteiger partial charge >= 0.3 is 0 Å². The molecule has 46 heavy (non-hydrogen) atoms. The predicted octanol–water partition coefficient (Wildman–Crippen LogP) is 13.5. The van der Waals surface area contributed by atoms with Gasteiger partial charge in [0.1, 0.15) is 0 Å². The van der Waals surface area contributed by atoms with Crippen molar-refractivity contribution in [1.29, 1.82) is 0 Å². The van der Waals surface area contributed by atoms with Gasteiger partial charge in [-0.2, -0.15) is 0 Å². The fraction of sp³-hybridized carbons (Fsp3) is 0.348. The van der Waals surface area contributed by atoms with E-state index in [1.54, 1.807) is 0 Å². The van der Waals surface area contributed by atoms with Crippen LogP contribution in [0.5, 0.6) is 0 Å². The van der Waals surface area contributed by atoms with E-state index in [9.17, 15) is 0 Å². The zero-order valence-corrected chi connectivity index (χ0v) is 30.4. The van der Waals surface area contributed by atoms with Crippen molar-refractivity contribution in [3.63, 3.8) is 0 Å². The molecule has 0 saturated carbocycles. The van der Waals surface area contributed by atoms with E-state index in [-0.39, 0.29) is 21.7 Å². The van der Waals surface area contributed by atoms with Gasteiger partial charge < -0.3 is 0 Å². The Morgan fingerprint density at radius 2 is 0.609 bits per heavy atom. The van der Waals surface area contributed by atoms with Crippen LogP contribution in [0, 0.1) is 0 Å². The van der Waals surface area contributed by atoms with Crippen LogP contribution in [0.2, 0.25) is 0 Å². The van der Waals surface area contributed by atoms with Crippen LogP contribution in [0.1, 0.15) is 105 Å². The van der Waals surface area contributed by atoms with E-state index in [4.69, 9.17) is 0 Å². The normalized spacial score (nSPS) is 12.8. The summed E-state index contributed by atoms with van der Waals surface area (Å²) in [6.07, 6.45) is 0. The molecule has 0 aliphatic heterocycles. The van der Waals surface area contributed by atoms with E-state index in [0.717, 1.165) is 0 Å². The average Bonchev–Trinajstić information content (AvgIpc) is 2.99. The lowest BCUT2D eigenvalue weighted by Gasteiger charge is -2.31. The summed E-state index contributed by atoms with van der Waals surface area (Å²) in [5, 5.41) is 0. The lowest BCUT2D eigenvalue weighted by Crippen LogP contribution is -2.19. The topological polar surface area (TPSA) is 0 Å². The third-order valence-corrected chi connectivity index (χ3v) is 9.25. The minimum atomic E-state index is 0.00289. The summed E-state index contributed by atoms with van der Waals surface area (Å²) in [5.74, 6) is 0. The average molecular weight is 607 g/mol. The largest absolute Gasteiger partial charge is 0.0622 e. The zero-order chi connectivity index (χ0) is 33.7. The maximum atomic E-state index is 2.43. The van der Waals surface area contributed by atoms with Crippen LogP contribution in [0.4, 0.5) is 0 Å². The SMILES string of the molecule is CC(C)(C)c1cc(-c2ccc(-c3ccc(-c4cc(C(C)(C)C)c(-c5ccccc5)c(C(C)(C)C)c4)cc3)cc2)cc(C(C)(C)C)c1. The minimum Gasteiger partial charge on any atom is -0.0622 e. The maximum absolute atomic E-state index is 2.43. The highest BCUT2D eigenvalue weighted by atomic mass is 14.3. The fourth-order valence-corrected chi connectivity index (χ4v) is 6.28. The Hall–Kier alpha value is -3.90. The molecular formula is C46H54. The number of hydrogen-bond acceptors (Lipinski definition) is 0. The first-order valence-electron chi connectivity index (χ1n) is 16.9. The second kappa shape index (κ2) is 12.0. The molecule has 0 bridgehead atoms. The van der Waals surface area contributed by atoms with Crippen LogP contribution in [0.15, 0.2) is 109 Å². The van der Waals surface area contributed by atoms with Crippen molar-refractivity contribution in [2.45, 2.75) is 105 Å². The number of hydrogen-bond donors (Lipinski definition) is 0. The van der Waals surface area contributed by atoms with Gasteiger partial charge in [0.05, 0.1) is 0 Å². The molecule has 0 aliphatic rings. The van der Waals surface area contributed by atoms with E-state index in [2.05, 4.69) is 192 Å². The summed E-state index contributed by atoms with van der Waals surface area (Å²) in [6, 6.07) is 41.2. The van der Waals surface area contributed by atoms with Crippen molar-refractivity contribution >= 4 is 0 Å². The van der Waals surface area contributed by atoms with E-state index in [1.165, 1.54) is 66.8 Å². The van der Waals surface area contributed by atoms with Crippen molar-refractivity contribution in [2.24, 2.45) is 0 Å². The summed E-state index contributed by atoms with van der Waals surface area (Å²) in [4.78, 5) is 0. The highest BCUT2D eigenvalue weighted by Gasteiger charge is 2.28. The van der Waals surface area contributed by atoms with Crippen LogP contribution in [0.3, 0.4) is 0 Å². The summed E-state index contributed by atoms with van der Waals surface area (Å²) in [5.41, 5.74) is 16.0. The van der Waals surface area contributed by atoms with E-state index >= 15 is 0 Å². The molecule has 238 valence electrons. The molecule has 0 saturated heterocycles. The summed E-state index contributed by atoms with van der Waals surface area (Å²) in [6.45, 7) is 27.8. The highest BCUT2D eigenvalue weighted by Crippen LogP contribution is 2.43. The molecule has 0 N–H and O–H groups in total. The Balaban J connectivity index is 1.52. The van der Waals surface area contributed by atoms with Gasteiger partial charge in [-0.05, 0) is 101 Å². The first kappa shape index (κ1) is 33.5. The van der Waals surface area contributed by atoms with Crippen LogP contribution < -0.4 is 0 Å². The Morgan fingerprint density at radius 3 is 0.935 bits per heavy atom. The van der Waals surface area contributed by atoms with Gasteiger partial charge in [0.15, 0.2) is 0 Å². The minimum absolute atomic E-state index is 0.00289. The Morgan fingerprint density at radius 1 is 0.283 bits per heavy atom. The lowest BCUT2D eigenvalue weighted by atomic mass is 9.73. The number of rotatable bonds is 4. The van der Waals surface area contributed by atoms with Gasteiger partial charge in [-0.15, -0.1) is 0 Å². The second-order valence-corrected chi connectivity index (χ2v) is 17.3. The Kier molecular flexibility index (Phi) is 8.76. The molecule has 0 amide bonds.